The molecule has 16 rings (SSSR count). The molecule has 6 nitrogen and oxygen atoms in total. The normalized spacial score (nSPS) is 12.1. The van der Waals surface area contributed by atoms with Gasteiger partial charge >= 0.3 is 0 Å². The van der Waals surface area contributed by atoms with E-state index >= 15 is 0 Å². The lowest BCUT2D eigenvalue weighted by molar-refractivity contribution is 0.672. The number of nitrogens with zero attached hydrogens (tertiary/aromatic N) is 5. The molecule has 0 saturated carbocycles. The molecule has 0 aliphatic heterocycles. The van der Waals surface area contributed by atoms with Crippen molar-refractivity contribution in [2.45, 2.75) is 0 Å². The van der Waals surface area contributed by atoms with Crippen LogP contribution in [-0.2, 0) is 0 Å². The van der Waals surface area contributed by atoms with Gasteiger partial charge in [0.1, 0.15) is 11.2 Å². The maximum absolute atomic E-state index is 7.05. The highest BCUT2D eigenvalue weighted by Crippen LogP contribution is 2.47. The van der Waals surface area contributed by atoms with Crippen molar-refractivity contribution in [2.75, 3.05) is 0 Å². The van der Waals surface area contributed by atoms with Crippen LogP contribution >= 0.6 is 0 Å². The largest absolute Gasteiger partial charge is 0.455 e. The third-order valence-corrected chi connectivity index (χ3v) is 15.1. The molecule has 0 unspecified atom stereocenters. The minimum Gasteiger partial charge on any atom is -0.455 e. The molecule has 0 amide bonds. The van der Waals surface area contributed by atoms with Crippen LogP contribution in [0.4, 0.5) is 0 Å². The topological polar surface area (TPSA) is 61.7 Å². The number of furan rings is 1. The molecule has 0 radical (unpaired) electrons. The SMILES string of the molecule is c1ccc(-n2c3ccccc3c3c(-c4nc(-c5ccc6ccccc6c5)nc(-c5ccc6oc7c8ccccc8ccc7c6c5-n5c6cc7ccccc7cc6c6c7ccccc7ccc65)n4)cccc32)cc1. The molecule has 0 spiro atoms. The Kier molecular flexibility index (Phi) is 8.36. The van der Waals surface area contributed by atoms with Crippen LogP contribution in [0.25, 0.3) is 154 Å². The van der Waals surface area contributed by atoms with Gasteiger partial charge < -0.3 is 13.6 Å². The third-order valence-electron chi connectivity index (χ3n) is 15.1. The van der Waals surface area contributed by atoms with Gasteiger partial charge in [-0.05, 0) is 104 Å². The Balaban J connectivity index is 1.07. The predicted octanol–water partition coefficient (Wildman–Crippen LogP) is 17.6. The fourth-order valence-electron chi connectivity index (χ4n) is 11.8. The van der Waals surface area contributed by atoms with Crippen LogP contribution in [0.1, 0.15) is 0 Å². The first kappa shape index (κ1) is 39.9. The molecular weight excluding hydrogens is 891 g/mol. The van der Waals surface area contributed by atoms with Gasteiger partial charge in [0.25, 0.3) is 0 Å². The van der Waals surface area contributed by atoms with E-state index in [4.69, 9.17) is 19.4 Å². The summed E-state index contributed by atoms with van der Waals surface area (Å²) in [5, 5.41) is 15.7. The Labute approximate surface area is 417 Å². The van der Waals surface area contributed by atoms with Crippen molar-refractivity contribution in [1.82, 2.24) is 24.1 Å². The van der Waals surface area contributed by atoms with Gasteiger partial charge in [0.05, 0.1) is 33.1 Å². The average Bonchev–Trinajstić information content (AvgIpc) is 4.12. The highest BCUT2D eigenvalue weighted by Gasteiger charge is 2.27. The van der Waals surface area contributed by atoms with Gasteiger partial charge in [-0.25, -0.2) is 15.0 Å². The molecule has 0 aliphatic carbocycles. The predicted molar refractivity (Wildman–Crippen MR) is 302 cm³/mol. The molecule has 73 heavy (non-hydrogen) atoms. The fraction of sp³-hybridized carbons (Fsp3) is 0. The van der Waals surface area contributed by atoms with Crippen LogP contribution in [0.15, 0.2) is 241 Å². The number of hydrogen-bond donors (Lipinski definition) is 0. The van der Waals surface area contributed by atoms with Crippen LogP contribution in [-0.4, -0.2) is 24.1 Å². The summed E-state index contributed by atoms with van der Waals surface area (Å²) in [4.78, 5) is 16.7. The average molecular weight is 930 g/mol. The lowest BCUT2D eigenvalue weighted by atomic mass is 10.0. The Morgan fingerprint density at radius 3 is 1.73 bits per heavy atom. The summed E-state index contributed by atoms with van der Waals surface area (Å²) in [7, 11) is 0. The zero-order valence-electron chi connectivity index (χ0n) is 39.2. The second-order valence-electron chi connectivity index (χ2n) is 19.1. The number of benzene rings is 12. The zero-order chi connectivity index (χ0) is 47.7. The number of para-hydroxylation sites is 2. The lowest BCUT2D eigenvalue weighted by Crippen LogP contribution is -2.04. The van der Waals surface area contributed by atoms with Crippen molar-refractivity contribution in [3.8, 4) is 45.5 Å². The quantitative estimate of drug-likeness (QED) is 0.173. The molecule has 0 saturated heterocycles. The van der Waals surface area contributed by atoms with Crippen molar-refractivity contribution in [2.24, 2.45) is 0 Å². The fourth-order valence-corrected chi connectivity index (χ4v) is 11.8. The van der Waals surface area contributed by atoms with E-state index in [1.165, 1.54) is 26.9 Å². The van der Waals surface area contributed by atoms with Crippen LogP contribution in [0, 0.1) is 0 Å². The molecule has 16 aromatic rings. The molecule has 0 aliphatic rings. The Morgan fingerprint density at radius 2 is 0.904 bits per heavy atom. The third kappa shape index (κ3) is 5.89. The Hall–Kier alpha value is -9.91. The minimum absolute atomic E-state index is 0.556. The lowest BCUT2D eigenvalue weighted by Gasteiger charge is -2.17. The molecule has 0 bridgehead atoms. The molecule has 12 aromatic carbocycles. The van der Waals surface area contributed by atoms with Crippen molar-refractivity contribution in [1.29, 1.82) is 0 Å². The summed E-state index contributed by atoms with van der Waals surface area (Å²) >= 11 is 0. The maximum Gasteiger partial charge on any atom is 0.166 e. The molecule has 4 heterocycles. The van der Waals surface area contributed by atoms with Gasteiger partial charge in [0.2, 0.25) is 0 Å². The summed E-state index contributed by atoms with van der Waals surface area (Å²) in [6.45, 7) is 0. The Morgan fingerprint density at radius 1 is 0.301 bits per heavy atom. The summed E-state index contributed by atoms with van der Waals surface area (Å²) in [6, 6.07) is 84.4. The van der Waals surface area contributed by atoms with Crippen LogP contribution < -0.4 is 0 Å². The molecule has 338 valence electrons. The van der Waals surface area contributed by atoms with Gasteiger partial charge in [-0.2, -0.15) is 0 Å². The monoisotopic (exact) mass is 929 g/mol. The summed E-state index contributed by atoms with van der Waals surface area (Å²) in [5.74, 6) is 1.73. The van der Waals surface area contributed by atoms with Crippen molar-refractivity contribution in [3.63, 3.8) is 0 Å². The van der Waals surface area contributed by atoms with E-state index in [0.717, 1.165) is 110 Å². The second kappa shape index (κ2) is 15.3. The highest BCUT2D eigenvalue weighted by molar-refractivity contribution is 6.26. The molecule has 6 heteroatoms. The number of hydrogen-bond acceptors (Lipinski definition) is 4. The van der Waals surface area contributed by atoms with E-state index < -0.39 is 0 Å². The summed E-state index contributed by atoms with van der Waals surface area (Å²) in [6.07, 6.45) is 0. The summed E-state index contributed by atoms with van der Waals surface area (Å²) in [5.41, 5.74) is 10.7. The van der Waals surface area contributed by atoms with Crippen molar-refractivity contribution < 1.29 is 4.42 Å². The maximum atomic E-state index is 7.05. The van der Waals surface area contributed by atoms with Crippen LogP contribution in [0.3, 0.4) is 0 Å². The van der Waals surface area contributed by atoms with Gasteiger partial charge in [0.15, 0.2) is 17.5 Å². The smallest absolute Gasteiger partial charge is 0.166 e. The first-order valence-electron chi connectivity index (χ1n) is 24.8. The van der Waals surface area contributed by atoms with Crippen LogP contribution in [0.5, 0.6) is 0 Å². The molecular formula is C67H39N5O. The van der Waals surface area contributed by atoms with E-state index in [0.29, 0.717) is 17.5 Å². The molecule has 0 fully saturated rings. The van der Waals surface area contributed by atoms with Crippen molar-refractivity contribution in [3.05, 3.63) is 237 Å². The molecule has 4 aromatic heterocycles. The van der Waals surface area contributed by atoms with Crippen molar-refractivity contribution >= 4 is 109 Å². The zero-order valence-corrected chi connectivity index (χ0v) is 39.2. The Bertz CT molecular complexity index is 4980. The summed E-state index contributed by atoms with van der Waals surface area (Å²) < 4.78 is 11.8. The number of aromatic nitrogens is 5. The van der Waals surface area contributed by atoms with E-state index in [-0.39, 0.29) is 0 Å². The molecule has 0 N–H and O–H groups in total. The minimum atomic E-state index is 0.556. The first-order chi connectivity index (χ1) is 36.2. The van der Waals surface area contributed by atoms with Gasteiger partial charge in [-0.15, -0.1) is 0 Å². The number of rotatable bonds is 5. The molecule has 0 atom stereocenters. The van der Waals surface area contributed by atoms with Gasteiger partial charge in [-0.1, -0.05) is 170 Å². The van der Waals surface area contributed by atoms with E-state index in [9.17, 15) is 0 Å². The highest BCUT2D eigenvalue weighted by atomic mass is 16.3. The standard InChI is InChI=1S/C67H39N5O/c1-2-21-47(22-3-1)71-55-27-13-12-25-50(55)61-52(26-14-28-56(61)71)66-68-65(46-30-29-40-15-4-5-18-43(40)37-46)69-67(70-66)53-34-36-59-62(51-33-31-42-17-9-11-24-49(42)64(51)73-59)63(53)72-57-35-32-41-16-8-10-23-48(41)60(57)54-38-44-19-6-7-20-45(44)39-58(54)72/h1-39H. The first-order valence-corrected chi connectivity index (χ1v) is 24.8. The van der Waals surface area contributed by atoms with Gasteiger partial charge in [0, 0.05) is 54.7 Å². The van der Waals surface area contributed by atoms with E-state index in [1.807, 2.05) is 0 Å². The second-order valence-corrected chi connectivity index (χ2v) is 19.1. The van der Waals surface area contributed by atoms with E-state index in [2.05, 4.69) is 246 Å². The number of fused-ring (bicyclic) bond motifs is 15. The van der Waals surface area contributed by atoms with E-state index in [1.54, 1.807) is 0 Å². The van der Waals surface area contributed by atoms with Crippen LogP contribution in [0.2, 0.25) is 0 Å². The van der Waals surface area contributed by atoms with Gasteiger partial charge in [-0.3, -0.25) is 0 Å².